The number of aromatic nitrogens is 1. The number of carbonyl (C=O) groups excluding carboxylic acids is 1. The second-order valence-electron chi connectivity index (χ2n) is 8.30. The Morgan fingerprint density at radius 3 is 2.72 bits per heavy atom. The summed E-state index contributed by atoms with van der Waals surface area (Å²) in [5.41, 5.74) is 4.64. The number of amides is 1. The SMILES string of the molecule is CCN1CCN(Cc2cccc(OC)c2)C[C@@H](Cc2ccccc2-c2cccnc2)C1=O. The van der Waals surface area contributed by atoms with E-state index in [1.165, 1.54) is 11.1 Å². The molecule has 0 radical (unpaired) electrons. The third kappa shape index (κ3) is 5.17. The monoisotopic (exact) mass is 429 g/mol. The standard InChI is InChI=1S/C27H31N3O2/c1-3-30-15-14-29(19-21-8-6-11-25(16-21)32-2)20-24(27(30)31)17-22-9-4-5-12-26(22)23-10-7-13-28-18-23/h4-13,16,18,24H,3,14-15,17,19-20H2,1-2H3/t24-/m1/s1. The molecule has 0 bridgehead atoms. The number of methoxy groups -OCH3 is 1. The van der Waals surface area contributed by atoms with Gasteiger partial charge in [0.05, 0.1) is 13.0 Å². The van der Waals surface area contributed by atoms with Gasteiger partial charge in [0, 0.05) is 50.7 Å². The predicted molar refractivity (Wildman–Crippen MR) is 127 cm³/mol. The van der Waals surface area contributed by atoms with Gasteiger partial charge in [-0.15, -0.1) is 0 Å². The van der Waals surface area contributed by atoms with Gasteiger partial charge in [0.2, 0.25) is 5.91 Å². The number of hydrogen-bond acceptors (Lipinski definition) is 4. The number of carbonyl (C=O) groups is 1. The summed E-state index contributed by atoms with van der Waals surface area (Å²) in [6.07, 6.45) is 4.40. The fourth-order valence-electron chi connectivity index (χ4n) is 4.52. The van der Waals surface area contributed by atoms with E-state index in [1.54, 1.807) is 13.3 Å². The minimum absolute atomic E-state index is 0.0825. The van der Waals surface area contributed by atoms with Gasteiger partial charge in [0.1, 0.15) is 5.75 Å². The molecule has 0 saturated carbocycles. The highest BCUT2D eigenvalue weighted by Gasteiger charge is 2.30. The Morgan fingerprint density at radius 2 is 1.94 bits per heavy atom. The lowest BCUT2D eigenvalue weighted by atomic mass is 9.91. The summed E-state index contributed by atoms with van der Waals surface area (Å²) >= 11 is 0. The van der Waals surface area contributed by atoms with Gasteiger partial charge in [0.15, 0.2) is 0 Å². The number of hydrogen-bond donors (Lipinski definition) is 0. The van der Waals surface area contributed by atoms with Crippen LogP contribution in [0.5, 0.6) is 5.75 Å². The maximum Gasteiger partial charge on any atom is 0.227 e. The highest BCUT2D eigenvalue weighted by atomic mass is 16.5. The molecule has 0 unspecified atom stereocenters. The number of benzene rings is 2. The summed E-state index contributed by atoms with van der Waals surface area (Å²) < 4.78 is 5.39. The Morgan fingerprint density at radius 1 is 1.06 bits per heavy atom. The number of pyridine rings is 1. The summed E-state index contributed by atoms with van der Waals surface area (Å²) in [5.74, 6) is 1.04. The molecule has 1 aliphatic rings. The summed E-state index contributed by atoms with van der Waals surface area (Å²) in [5, 5.41) is 0. The quantitative estimate of drug-likeness (QED) is 0.562. The van der Waals surface area contributed by atoms with Crippen LogP contribution in [-0.4, -0.2) is 54.0 Å². The van der Waals surface area contributed by atoms with E-state index in [1.807, 2.05) is 35.4 Å². The normalized spacial score (nSPS) is 17.2. The molecule has 0 aliphatic carbocycles. The molecule has 5 nitrogen and oxygen atoms in total. The zero-order valence-electron chi connectivity index (χ0n) is 18.9. The maximum atomic E-state index is 13.4. The molecule has 2 heterocycles. The molecule has 3 aromatic rings. The molecule has 1 atom stereocenters. The van der Waals surface area contributed by atoms with Crippen molar-refractivity contribution in [2.75, 3.05) is 33.3 Å². The first-order valence-corrected chi connectivity index (χ1v) is 11.3. The van der Waals surface area contributed by atoms with Crippen molar-refractivity contribution in [1.82, 2.24) is 14.8 Å². The molecule has 0 spiro atoms. The largest absolute Gasteiger partial charge is 0.497 e. The highest BCUT2D eigenvalue weighted by Crippen LogP contribution is 2.27. The van der Waals surface area contributed by atoms with E-state index in [4.69, 9.17) is 4.74 Å². The Bertz CT molecular complexity index is 1040. The zero-order valence-corrected chi connectivity index (χ0v) is 18.9. The molecule has 32 heavy (non-hydrogen) atoms. The van der Waals surface area contributed by atoms with E-state index in [2.05, 4.69) is 53.2 Å². The van der Waals surface area contributed by atoms with Gasteiger partial charge >= 0.3 is 0 Å². The van der Waals surface area contributed by atoms with Gasteiger partial charge in [-0.05, 0) is 48.2 Å². The lowest BCUT2D eigenvalue weighted by Crippen LogP contribution is -2.37. The van der Waals surface area contributed by atoms with Crippen LogP contribution in [0.2, 0.25) is 0 Å². The molecule has 1 aromatic heterocycles. The number of likely N-dealkylation sites (N-methyl/N-ethyl adjacent to an activating group) is 1. The number of rotatable bonds is 7. The average Bonchev–Trinajstić information content (AvgIpc) is 2.98. The number of ether oxygens (including phenoxy) is 1. The van der Waals surface area contributed by atoms with Crippen LogP contribution in [0.1, 0.15) is 18.1 Å². The van der Waals surface area contributed by atoms with Gasteiger partial charge in [0.25, 0.3) is 0 Å². The second-order valence-corrected chi connectivity index (χ2v) is 8.30. The molecule has 1 aliphatic heterocycles. The molecule has 4 rings (SSSR count). The molecule has 1 saturated heterocycles. The van der Waals surface area contributed by atoms with Crippen molar-refractivity contribution >= 4 is 5.91 Å². The van der Waals surface area contributed by atoms with E-state index < -0.39 is 0 Å². The van der Waals surface area contributed by atoms with Crippen LogP contribution in [0.25, 0.3) is 11.1 Å². The van der Waals surface area contributed by atoms with Crippen LogP contribution >= 0.6 is 0 Å². The van der Waals surface area contributed by atoms with E-state index in [9.17, 15) is 4.79 Å². The first-order valence-electron chi connectivity index (χ1n) is 11.3. The Balaban J connectivity index is 1.58. The van der Waals surface area contributed by atoms with Crippen molar-refractivity contribution < 1.29 is 9.53 Å². The Labute approximate surface area is 190 Å². The summed E-state index contributed by atoms with van der Waals surface area (Å²) in [7, 11) is 1.69. The van der Waals surface area contributed by atoms with Crippen molar-refractivity contribution in [3.05, 3.63) is 84.2 Å². The van der Waals surface area contributed by atoms with E-state index >= 15 is 0 Å². The number of nitrogens with zero attached hydrogens (tertiary/aromatic N) is 3. The summed E-state index contributed by atoms with van der Waals surface area (Å²) in [6.45, 7) is 6.00. The van der Waals surface area contributed by atoms with Gasteiger partial charge in [-0.3, -0.25) is 14.7 Å². The molecule has 1 amide bonds. The first-order chi connectivity index (χ1) is 15.7. The predicted octanol–water partition coefficient (Wildman–Crippen LogP) is 4.28. The lowest BCUT2D eigenvalue weighted by molar-refractivity contribution is -0.134. The minimum Gasteiger partial charge on any atom is -0.497 e. The van der Waals surface area contributed by atoms with Crippen LogP contribution < -0.4 is 4.74 Å². The van der Waals surface area contributed by atoms with Gasteiger partial charge < -0.3 is 9.64 Å². The van der Waals surface area contributed by atoms with Crippen molar-refractivity contribution in [3.8, 4) is 16.9 Å². The van der Waals surface area contributed by atoms with Crippen molar-refractivity contribution in [2.24, 2.45) is 5.92 Å². The molecule has 2 aromatic carbocycles. The van der Waals surface area contributed by atoms with Gasteiger partial charge in [-0.1, -0.05) is 42.5 Å². The summed E-state index contributed by atoms with van der Waals surface area (Å²) in [4.78, 5) is 22.1. The van der Waals surface area contributed by atoms with Crippen LogP contribution in [0.15, 0.2) is 73.1 Å². The molecule has 1 fully saturated rings. The molecule has 166 valence electrons. The van der Waals surface area contributed by atoms with Crippen LogP contribution in [0.3, 0.4) is 0 Å². The van der Waals surface area contributed by atoms with Gasteiger partial charge in [-0.2, -0.15) is 0 Å². The smallest absolute Gasteiger partial charge is 0.227 e. The van der Waals surface area contributed by atoms with Crippen molar-refractivity contribution in [2.45, 2.75) is 19.9 Å². The first kappa shape index (κ1) is 22.0. The highest BCUT2D eigenvalue weighted by molar-refractivity contribution is 5.80. The van der Waals surface area contributed by atoms with Crippen LogP contribution in [0.4, 0.5) is 0 Å². The molecule has 0 N–H and O–H groups in total. The lowest BCUT2D eigenvalue weighted by Gasteiger charge is -2.24. The van der Waals surface area contributed by atoms with E-state index in [-0.39, 0.29) is 11.8 Å². The van der Waals surface area contributed by atoms with Crippen LogP contribution in [0, 0.1) is 5.92 Å². The molecule has 5 heteroatoms. The van der Waals surface area contributed by atoms with Gasteiger partial charge in [-0.25, -0.2) is 0 Å². The minimum atomic E-state index is -0.0825. The third-order valence-electron chi connectivity index (χ3n) is 6.20. The molecular weight excluding hydrogens is 398 g/mol. The van der Waals surface area contributed by atoms with Crippen molar-refractivity contribution in [1.29, 1.82) is 0 Å². The second kappa shape index (κ2) is 10.4. The van der Waals surface area contributed by atoms with E-state index in [0.717, 1.165) is 56.0 Å². The van der Waals surface area contributed by atoms with E-state index in [0.29, 0.717) is 0 Å². The van der Waals surface area contributed by atoms with Crippen molar-refractivity contribution in [3.63, 3.8) is 0 Å². The Hall–Kier alpha value is -3.18. The zero-order chi connectivity index (χ0) is 22.3. The summed E-state index contributed by atoms with van der Waals surface area (Å²) in [6, 6.07) is 20.6. The Kier molecular flexibility index (Phi) is 7.17. The fourth-order valence-corrected chi connectivity index (χ4v) is 4.52. The fraction of sp³-hybridized carbons (Fsp3) is 0.333. The molecular formula is C27H31N3O2. The van der Waals surface area contributed by atoms with Crippen LogP contribution in [-0.2, 0) is 17.8 Å². The third-order valence-corrected chi connectivity index (χ3v) is 6.20. The maximum absolute atomic E-state index is 13.4. The average molecular weight is 430 g/mol. The topological polar surface area (TPSA) is 45.7 Å².